The van der Waals surface area contributed by atoms with Crippen LogP contribution in [0.2, 0.25) is 5.02 Å². The number of hydrogen-bond donors (Lipinski definition) is 1. The first-order valence-corrected chi connectivity index (χ1v) is 7.59. The summed E-state index contributed by atoms with van der Waals surface area (Å²) in [5.74, 6) is 1.12. The molecule has 2 aromatic rings. The lowest BCUT2D eigenvalue weighted by molar-refractivity contribution is -0.119. The zero-order chi connectivity index (χ0) is 16.2. The summed E-state index contributed by atoms with van der Waals surface area (Å²) in [5.41, 5.74) is 0. The van der Waals surface area contributed by atoms with Crippen LogP contribution in [0.25, 0.3) is 0 Å². The van der Waals surface area contributed by atoms with E-state index in [1.165, 1.54) is 6.20 Å². The Kier molecular flexibility index (Phi) is 4.85. The number of carbonyl (C=O) groups is 1. The molecule has 0 unspecified atom stereocenters. The lowest BCUT2D eigenvalue weighted by atomic mass is 10.2. The van der Waals surface area contributed by atoms with Gasteiger partial charge in [-0.05, 0) is 12.1 Å². The highest BCUT2D eigenvalue weighted by atomic mass is 35.5. The van der Waals surface area contributed by atoms with Crippen LogP contribution in [0.5, 0.6) is 0 Å². The molecule has 1 atom stereocenters. The molecule has 3 heterocycles. The number of aromatic nitrogens is 4. The fraction of sp³-hybridized carbons (Fsp3) is 0.429. The molecule has 1 amide bonds. The molecule has 1 N–H and O–H groups in total. The quantitative estimate of drug-likeness (QED) is 0.892. The number of carbonyl (C=O) groups excluding carboxylic acids is 1. The number of anilines is 1. The summed E-state index contributed by atoms with van der Waals surface area (Å²) in [6.45, 7) is 2.09. The average molecular weight is 337 g/mol. The van der Waals surface area contributed by atoms with Gasteiger partial charge in [0.15, 0.2) is 5.82 Å². The fourth-order valence-electron chi connectivity index (χ4n) is 2.42. The van der Waals surface area contributed by atoms with E-state index < -0.39 is 0 Å². The molecule has 1 saturated heterocycles. The largest absolute Gasteiger partial charge is 0.368 e. The van der Waals surface area contributed by atoms with Gasteiger partial charge in [0.1, 0.15) is 18.2 Å². The number of hydrogen-bond acceptors (Lipinski definition) is 6. The Balaban J connectivity index is 1.56. The number of nitrogens with zero attached hydrogens (tertiary/aromatic N) is 5. The van der Waals surface area contributed by atoms with Gasteiger partial charge in [-0.2, -0.15) is 0 Å². The molecule has 1 aliphatic rings. The monoisotopic (exact) mass is 336 g/mol. The topological polar surface area (TPSA) is 85.2 Å². The fourth-order valence-corrected chi connectivity index (χ4v) is 2.53. The van der Waals surface area contributed by atoms with Gasteiger partial charge >= 0.3 is 0 Å². The second-order valence-electron chi connectivity index (χ2n) is 5.30. The van der Waals surface area contributed by atoms with Crippen molar-refractivity contribution in [2.24, 2.45) is 7.05 Å². The van der Waals surface area contributed by atoms with Crippen molar-refractivity contribution in [3.63, 3.8) is 0 Å². The molecule has 0 aromatic carbocycles. The van der Waals surface area contributed by atoms with Crippen molar-refractivity contribution < 1.29 is 9.53 Å². The van der Waals surface area contributed by atoms with Crippen molar-refractivity contribution >= 4 is 23.3 Å². The summed E-state index contributed by atoms with van der Waals surface area (Å²) < 4.78 is 7.55. The van der Waals surface area contributed by atoms with Gasteiger partial charge < -0.3 is 14.6 Å². The van der Waals surface area contributed by atoms with E-state index in [-0.39, 0.29) is 18.6 Å². The van der Waals surface area contributed by atoms with Crippen molar-refractivity contribution in [1.82, 2.24) is 24.6 Å². The molecule has 1 fully saturated rings. The number of pyridine rings is 1. The Morgan fingerprint density at radius 3 is 3.09 bits per heavy atom. The maximum absolute atomic E-state index is 12.1. The van der Waals surface area contributed by atoms with Crippen LogP contribution in [-0.2, 0) is 16.6 Å². The number of halogens is 1. The Hall–Kier alpha value is -2.03. The molecule has 1 aliphatic heterocycles. The smallest absolute Gasteiger partial charge is 0.239 e. The van der Waals surface area contributed by atoms with Crippen LogP contribution in [0.4, 0.5) is 5.82 Å². The van der Waals surface area contributed by atoms with Crippen molar-refractivity contribution in [1.29, 1.82) is 0 Å². The van der Waals surface area contributed by atoms with Crippen LogP contribution in [0.1, 0.15) is 11.9 Å². The highest BCUT2D eigenvalue weighted by molar-refractivity contribution is 6.30. The van der Waals surface area contributed by atoms with Crippen molar-refractivity contribution in [2.45, 2.75) is 6.10 Å². The van der Waals surface area contributed by atoms with Crippen molar-refractivity contribution in [3.8, 4) is 0 Å². The minimum Gasteiger partial charge on any atom is -0.368 e. The average Bonchev–Trinajstić information content (AvgIpc) is 2.96. The third-order valence-electron chi connectivity index (χ3n) is 3.55. The summed E-state index contributed by atoms with van der Waals surface area (Å²) in [6, 6.07) is 3.35. The maximum atomic E-state index is 12.1. The Labute approximate surface area is 138 Å². The zero-order valence-electron chi connectivity index (χ0n) is 12.6. The van der Waals surface area contributed by atoms with Crippen LogP contribution in [0.15, 0.2) is 24.7 Å². The summed E-state index contributed by atoms with van der Waals surface area (Å²) in [4.78, 5) is 18.2. The van der Waals surface area contributed by atoms with E-state index in [2.05, 4.69) is 20.5 Å². The van der Waals surface area contributed by atoms with E-state index in [4.69, 9.17) is 16.3 Å². The number of amides is 1. The van der Waals surface area contributed by atoms with Crippen LogP contribution >= 0.6 is 11.6 Å². The maximum Gasteiger partial charge on any atom is 0.239 e. The van der Waals surface area contributed by atoms with E-state index >= 15 is 0 Å². The number of ether oxygens (including phenoxy) is 1. The van der Waals surface area contributed by atoms with Gasteiger partial charge in [-0.1, -0.05) is 11.6 Å². The zero-order valence-corrected chi connectivity index (χ0v) is 13.4. The molecule has 2 aromatic heterocycles. The van der Waals surface area contributed by atoms with E-state index in [9.17, 15) is 4.79 Å². The number of rotatable bonds is 4. The number of morpholine rings is 1. The third-order valence-corrected chi connectivity index (χ3v) is 3.77. The molecular weight excluding hydrogens is 320 g/mol. The Morgan fingerprint density at radius 1 is 1.52 bits per heavy atom. The first kappa shape index (κ1) is 15.9. The van der Waals surface area contributed by atoms with Crippen LogP contribution in [-0.4, -0.2) is 56.8 Å². The van der Waals surface area contributed by atoms with Gasteiger partial charge in [-0.25, -0.2) is 4.98 Å². The van der Waals surface area contributed by atoms with Crippen LogP contribution < -0.4 is 5.32 Å². The Bertz CT molecular complexity index is 674. The van der Waals surface area contributed by atoms with Crippen molar-refractivity contribution in [3.05, 3.63) is 35.5 Å². The molecule has 9 heteroatoms. The van der Waals surface area contributed by atoms with Crippen LogP contribution in [0, 0.1) is 0 Å². The normalized spacial score (nSPS) is 18.8. The van der Waals surface area contributed by atoms with E-state index in [0.717, 1.165) is 5.82 Å². The second-order valence-corrected chi connectivity index (χ2v) is 5.74. The molecule has 23 heavy (non-hydrogen) atoms. The van der Waals surface area contributed by atoms with E-state index in [0.29, 0.717) is 30.5 Å². The van der Waals surface area contributed by atoms with E-state index in [1.807, 2.05) is 16.5 Å². The van der Waals surface area contributed by atoms with Crippen LogP contribution in [0.3, 0.4) is 0 Å². The lowest BCUT2D eigenvalue weighted by Gasteiger charge is -2.31. The predicted octanol–water partition coefficient (Wildman–Crippen LogP) is 0.875. The van der Waals surface area contributed by atoms with Gasteiger partial charge in [0, 0.05) is 26.3 Å². The summed E-state index contributed by atoms with van der Waals surface area (Å²) >= 11 is 5.77. The van der Waals surface area contributed by atoms with Gasteiger partial charge in [-0.15, -0.1) is 10.2 Å². The van der Waals surface area contributed by atoms with E-state index in [1.54, 1.807) is 18.5 Å². The molecule has 0 spiro atoms. The molecular formula is C14H17ClN6O2. The molecule has 0 radical (unpaired) electrons. The third kappa shape index (κ3) is 4.04. The lowest BCUT2D eigenvalue weighted by Crippen LogP contribution is -2.43. The molecule has 3 rings (SSSR count). The highest BCUT2D eigenvalue weighted by Crippen LogP contribution is 2.19. The van der Waals surface area contributed by atoms with Gasteiger partial charge in [0.25, 0.3) is 0 Å². The second kappa shape index (κ2) is 7.03. The molecule has 0 saturated carbocycles. The van der Waals surface area contributed by atoms with Crippen molar-refractivity contribution in [2.75, 3.05) is 31.6 Å². The van der Waals surface area contributed by atoms with Gasteiger partial charge in [0.2, 0.25) is 5.91 Å². The summed E-state index contributed by atoms with van der Waals surface area (Å²) in [5, 5.41) is 11.2. The molecule has 122 valence electrons. The van der Waals surface area contributed by atoms with Gasteiger partial charge in [-0.3, -0.25) is 9.69 Å². The molecule has 0 aliphatic carbocycles. The standard InChI is InChI=1S/C14H17ClN6O2/c1-20-9-17-19-14(20)11-7-21(4-5-23-11)8-13(22)18-12-3-2-10(15)6-16-12/h2-3,6,9,11H,4-5,7-8H2,1H3,(H,16,18,22)/t11-/m1/s1. The SMILES string of the molecule is Cn1cnnc1[C@H]1CN(CC(=O)Nc2ccc(Cl)cn2)CCO1. The number of nitrogens with one attached hydrogen (secondary N) is 1. The summed E-state index contributed by atoms with van der Waals surface area (Å²) in [7, 11) is 1.87. The minimum atomic E-state index is -0.183. The highest BCUT2D eigenvalue weighted by Gasteiger charge is 2.26. The molecule has 0 bridgehead atoms. The first-order chi connectivity index (χ1) is 11.1. The minimum absolute atomic E-state index is 0.126. The first-order valence-electron chi connectivity index (χ1n) is 7.21. The van der Waals surface area contributed by atoms with Gasteiger partial charge in [0.05, 0.1) is 18.2 Å². The summed E-state index contributed by atoms with van der Waals surface area (Å²) in [6.07, 6.45) is 2.95. The predicted molar refractivity (Wildman–Crippen MR) is 84.0 cm³/mol. The number of aryl methyl sites for hydroxylation is 1. The Morgan fingerprint density at radius 2 is 2.39 bits per heavy atom. The molecule has 8 nitrogen and oxygen atoms in total.